The number of halogens is 1. The highest BCUT2D eigenvalue weighted by Gasteiger charge is 2.10. The van der Waals surface area contributed by atoms with Crippen molar-refractivity contribution in [2.45, 2.75) is 19.6 Å². The van der Waals surface area contributed by atoms with E-state index in [0.29, 0.717) is 16.3 Å². The van der Waals surface area contributed by atoms with Crippen LogP contribution in [0.4, 0.5) is 10.5 Å². The lowest BCUT2D eigenvalue weighted by molar-refractivity contribution is 0.175. The molecule has 6 nitrogen and oxygen atoms in total. The maximum atomic E-state index is 11.7. The summed E-state index contributed by atoms with van der Waals surface area (Å²) < 4.78 is 1.70. The molecule has 3 N–H and O–H groups in total. The van der Waals surface area contributed by atoms with E-state index in [-0.39, 0.29) is 6.54 Å². The van der Waals surface area contributed by atoms with Crippen molar-refractivity contribution in [3.63, 3.8) is 0 Å². The van der Waals surface area contributed by atoms with E-state index < -0.39 is 12.1 Å². The van der Waals surface area contributed by atoms with Crippen molar-refractivity contribution in [3.8, 4) is 0 Å². The fourth-order valence-corrected chi connectivity index (χ4v) is 2.00. The molecule has 1 atom stereocenters. The van der Waals surface area contributed by atoms with Gasteiger partial charge in [0.1, 0.15) is 0 Å². The number of aliphatic hydroxyl groups is 1. The number of carbonyl (C=O) groups excluding carboxylic acids is 1. The number of urea groups is 1. The largest absolute Gasteiger partial charge is 0.387 e. The van der Waals surface area contributed by atoms with Gasteiger partial charge in [0, 0.05) is 24.3 Å². The number of aliphatic hydroxyl groups excluding tert-OH is 1. The van der Waals surface area contributed by atoms with Crippen LogP contribution in [0.15, 0.2) is 36.7 Å². The molecule has 0 saturated heterocycles. The van der Waals surface area contributed by atoms with Crippen LogP contribution in [-0.4, -0.2) is 27.5 Å². The minimum Gasteiger partial charge on any atom is -0.387 e. The SMILES string of the molecule is CCn1cc(NC(=O)NC[C@H](O)c2cccc(Cl)c2)cn1. The molecule has 2 amide bonds. The molecule has 0 aliphatic carbocycles. The highest BCUT2D eigenvalue weighted by molar-refractivity contribution is 6.30. The molecule has 7 heteroatoms. The highest BCUT2D eigenvalue weighted by atomic mass is 35.5. The zero-order valence-corrected chi connectivity index (χ0v) is 12.3. The molecule has 2 aromatic rings. The Morgan fingerprint density at radius 1 is 1.52 bits per heavy atom. The van der Waals surface area contributed by atoms with Crippen LogP contribution in [-0.2, 0) is 6.54 Å². The Balaban J connectivity index is 1.83. The molecular weight excluding hydrogens is 292 g/mol. The average molecular weight is 309 g/mol. The van der Waals surface area contributed by atoms with Gasteiger partial charge in [0.05, 0.1) is 18.0 Å². The van der Waals surface area contributed by atoms with Crippen LogP contribution in [0.2, 0.25) is 5.02 Å². The normalized spacial score (nSPS) is 12.0. The molecule has 1 heterocycles. The Morgan fingerprint density at radius 2 is 2.33 bits per heavy atom. The molecule has 0 spiro atoms. The van der Waals surface area contributed by atoms with Crippen LogP contribution in [0.5, 0.6) is 0 Å². The van der Waals surface area contributed by atoms with Crippen LogP contribution in [0.25, 0.3) is 0 Å². The van der Waals surface area contributed by atoms with E-state index in [4.69, 9.17) is 11.6 Å². The second-order valence-electron chi connectivity index (χ2n) is 4.49. The lowest BCUT2D eigenvalue weighted by Crippen LogP contribution is -2.32. The summed E-state index contributed by atoms with van der Waals surface area (Å²) in [6.07, 6.45) is 2.48. The van der Waals surface area contributed by atoms with Gasteiger partial charge in [-0.1, -0.05) is 23.7 Å². The van der Waals surface area contributed by atoms with Crippen LogP contribution in [0.3, 0.4) is 0 Å². The summed E-state index contributed by atoms with van der Waals surface area (Å²) in [7, 11) is 0. The van der Waals surface area contributed by atoms with Gasteiger partial charge in [-0.2, -0.15) is 5.10 Å². The number of aryl methyl sites for hydroxylation is 1. The van der Waals surface area contributed by atoms with Gasteiger partial charge in [-0.25, -0.2) is 4.79 Å². The van der Waals surface area contributed by atoms with Crippen LogP contribution in [0.1, 0.15) is 18.6 Å². The van der Waals surface area contributed by atoms with Crippen LogP contribution in [0, 0.1) is 0 Å². The first kappa shape index (κ1) is 15.3. The first-order chi connectivity index (χ1) is 10.1. The van der Waals surface area contributed by atoms with E-state index in [0.717, 1.165) is 6.54 Å². The first-order valence-electron chi connectivity index (χ1n) is 6.59. The third kappa shape index (κ3) is 4.47. The topological polar surface area (TPSA) is 79.2 Å². The van der Waals surface area contributed by atoms with E-state index in [1.54, 1.807) is 41.3 Å². The monoisotopic (exact) mass is 308 g/mol. The number of nitrogens with one attached hydrogen (secondary N) is 2. The molecule has 2 rings (SSSR count). The highest BCUT2D eigenvalue weighted by Crippen LogP contribution is 2.17. The molecule has 1 aromatic heterocycles. The molecule has 0 unspecified atom stereocenters. The standard InChI is InChI=1S/C14H17ClN4O2/c1-2-19-9-12(7-17-19)18-14(21)16-8-13(20)10-4-3-5-11(15)6-10/h3-7,9,13,20H,2,8H2,1H3,(H2,16,18,21)/t13-/m0/s1. The van der Waals surface area contributed by atoms with E-state index >= 15 is 0 Å². The van der Waals surface area contributed by atoms with E-state index in [2.05, 4.69) is 15.7 Å². The van der Waals surface area contributed by atoms with Crippen molar-refractivity contribution in [2.24, 2.45) is 0 Å². The van der Waals surface area contributed by atoms with Crippen molar-refractivity contribution >= 4 is 23.3 Å². The molecule has 0 fully saturated rings. The zero-order chi connectivity index (χ0) is 15.2. The molecule has 0 radical (unpaired) electrons. The van der Waals surface area contributed by atoms with Crippen LogP contribution >= 0.6 is 11.6 Å². The van der Waals surface area contributed by atoms with Crippen molar-refractivity contribution < 1.29 is 9.90 Å². The quantitative estimate of drug-likeness (QED) is 0.793. The van der Waals surface area contributed by atoms with Crippen molar-refractivity contribution in [1.82, 2.24) is 15.1 Å². The molecule has 112 valence electrons. The smallest absolute Gasteiger partial charge is 0.319 e. The maximum Gasteiger partial charge on any atom is 0.319 e. The summed E-state index contributed by atoms with van der Waals surface area (Å²) in [5, 5.41) is 19.8. The summed E-state index contributed by atoms with van der Waals surface area (Å²) in [5.74, 6) is 0. The van der Waals surface area contributed by atoms with Gasteiger partial charge < -0.3 is 15.7 Å². The summed E-state index contributed by atoms with van der Waals surface area (Å²) in [6, 6.07) is 6.49. The lowest BCUT2D eigenvalue weighted by Gasteiger charge is -2.12. The second kappa shape index (κ2) is 7.10. The van der Waals surface area contributed by atoms with E-state index in [1.165, 1.54) is 0 Å². The molecule has 0 aliphatic heterocycles. The maximum absolute atomic E-state index is 11.7. The number of rotatable bonds is 5. The molecular formula is C14H17ClN4O2. The van der Waals surface area contributed by atoms with Gasteiger partial charge in [-0.05, 0) is 24.6 Å². The molecule has 0 bridgehead atoms. The summed E-state index contributed by atoms with van der Waals surface area (Å²) in [6.45, 7) is 2.78. The van der Waals surface area contributed by atoms with E-state index in [9.17, 15) is 9.90 Å². The van der Waals surface area contributed by atoms with Gasteiger partial charge in [0.2, 0.25) is 0 Å². The summed E-state index contributed by atoms with van der Waals surface area (Å²) in [5.41, 5.74) is 1.26. The van der Waals surface area contributed by atoms with Crippen molar-refractivity contribution in [3.05, 3.63) is 47.2 Å². The van der Waals surface area contributed by atoms with Gasteiger partial charge in [0.25, 0.3) is 0 Å². The minimum atomic E-state index is -0.812. The number of hydrogen-bond acceptors (Lipinski definition) is 3. The van der Waals surface area contributed by atoms with Gasteiger partial charge in [-0.15, -0.1) is 0 Å². The average Bonchev–Trinajstić information content (AvgIpc) is 2.92. The fourth-order valence-electron chi connectivity index (χ4n) is 1.80. The number of hydrogen-bond donors (Lipinski definition) is 3. The Hall–Kier alpha value is -2.05. The molecule has 0 aliphatic rings. The fraction of sp³-hybridized carbons (Fsp3) is 0.286. The van der Waals surface area contributed by atoms with E-state index in [1.807, 2.05) is 6.92 Å². The number of nitrogens with zero attached hydrogens (tertiary/aromatic N) is 2. The van der Waals surface area contributed by atoms with Gasteiger partial charge in [-0.3, -0.25) is 4.68 Å². The Morgan fingerprint density at radius 3 is 3.00 bits per heavy atom. The molecule has 0 saturated carbocycles. The van der Waals surface area contributed by atoms with Gasteiger partial charge in [0.15, 0.2) is 0 Å². The zero-order valence-electron chi connectivity index (χ0n) is 11.6. The lowest BCUT2D eigenvalue weighted by atomic mass is 10.1. The predicted octanol–water partition coefficient (Wildman–Crippen LogP) is 2.41. The number of carbonyl (C=O) groups is 1. The molecule has 21 heavy (non-hydrogen) atoms. The minimum absolute atomic E-state index is 0.0914. The summed E-state index contributed by atoms with van der Waals surface area (Å²) in [4.78, 5) is 11.7. The van der Waals surface area contributed by atoms with Gasteiger partial charge >= 0.3 is 6.03 Å². The second-order valence-corrected chi connectivity index (χ2v) is 4.93. The number of anilines is 1. The third-order valence-electron chi connectivity index (χ3n) is 2.90. The Bertz CT molecular complexity index is 615. The third-order valence-corrected chi connectivity index (χ3v) is 3.14. The number of aromatic nitrogens is 2. The summed E-state index contributed by atoms with van der Waals surface area (Å²) >= 11 is 5.85. The Kier molecular flexibility index (Phi) is 5.19. The van der Waals surface area contributed by atoms with Crippen molar-refractivity contribution in [2.75, 3.05) is 11.9 Å². The Labute approximate surface area is 127 Å². The van der Waals surface area contributed by atoms with Crippen molar-refractivity contribution in [1.29, 1.82) is 0 Å². The number of amides is 2. The molecule has 1 aromatic carbocycles. The first-order valence-corrected chi connectivity index (χ1v) is 6.97. The number of benzene rings is 1. The van der Waals surface area contributed by atoms with Crippen LogP contribution < -0.4 is 10.6 Å². The predicted molar refractivity (Wildman–Crippen MR) is 81.3 cm³/mol.